The van der Waals surface area contributed by atoms with Crippen molar-refractivity contribution in [1.29, 1.82) is 0 Å². The zero-order valence-electron chi connectivity index (χ0n) is 12.1. The van der Waals surface area contributed by atoms with Gasteiger partial charge in [-0.2, -0.15) is 0 Å². The number of carboxylic acids is 1. The number of anilines is 1. The van der Waals surface area contributed by atoms with Gasteiger partial charge in [0.15, 0.2) is 10.9 Å². The van der Waals surface area contributed by atoms with Crippen molar-refractivity contribution in [1.82, 2.24) is 10.1 Å². The van der Waals surface area contributed by atoms with E-state index in [-0.39, 0.29) is 18.3 Å². The number of aromatic nitrogens is 2. The number of hydrogen-bond acceptors (Lipinski definition) is 7. The zero-order chi connectivity index (χ0) is 16.1. The van der Waals surface area contributed by atoms with Crippen LogP contribution in [0.1, 0.15) is 12.6 Å². The van der Waals surface area contributed by atoms with Gasteiger partial charge in [-0.25, -0.2) is 9.78 Å². The minimum atomic E-state index is -1.54. The number of thiazole rings is 1. The molecule has 0 aliphatic carbocycles. The molecule has 0 aliphatic heterocycles. The van der Waals surface area contributed by atoms with Gasteiger partial charge in [-0.05, 0) is 13.8 Å². The van der Waals surface area contributed by atoms with Crippen molar-refractivity contribution in [3.8, 4) is 11.5 Å². The maximum absolute atomic E-state index is 11.8. The average Bonchev–Trinajstić information content (AvgIpc) is 3.11. The van der Waals surface area contributed by atoms with Crippen molar-refractivity contribution < 1.29 is 24.0 Å². The molecule has 2 rings (SSSR count). The van der Waals surface area contributed by atoms with E-state index in [9.17, 15) is 9.59 Å². The van der Waals surface area contributed by atoms with E-state index in [1.54, 1.807) is 18.4 Å². The second-order valence-corrected chi connectivity index (χ2v) is 5.14. The van der Waals surface area contributed by atoms with Gasteiger partial charge >= 0.3 is 11.9 Å². The topological polar surface area (TPSA) is 106 Å². The number of hydrogen-bond donors (Lipinski definition) is 1. The van der Waals surface area contributed by atoms with Crippen LogP contribution in [0, 0.1) is 6.92 Å². The van der Waals surface area contributed by atoms with Crippen LogP contribution in [0.25, 0.3) is 11.5 Å². The summed E-state index contributed by atoms with van der Waals surface area (Å²) < 4.78 is 10.3. The molecule has 9 heteroatoms. The molecule has 2 aromatic rings. The van der Waals surface area contributed by atoms with Gasteiger partial charge in [0.2, 0.25) is 0 Å². The van der Waals surface area contributed by atoms with Gasteiger partial charge in [-0.1, -0.05) is 5.16 Å². The lowest BCUT2D eigenvalue weighted by Crippen LogP contribution is -2.38. The van der Waals surface area contributed by atoms with Gasteiger partial charge in [0, 0.05) is 18.1 Å². The summed E-state index contributed by atoms with van der Waals surface area (Å²) in [5.41, 5.74) is 1.21. The van der Waals surface area contributed by atoms with E-state index in [4.69, 9.17) is 14.4 Å². The van der Waals surface area contributed by atoms with Crippen LogP contribution in [0.3, 0.4) is 0 Å². The largest absolute Gasteiger partial charge is 0.474 e. The Labute approximate surface area is 130 Å². The number of carbonyl (C=O) groups is 2. The minimum absolute atomic E-state index is 0.112. The first-order valence-electron chi connectivity index (χ1n) is 6.54. The normalized spacial score (nSPS) is 10.6. The van der Waals surface area contributed by atoms with Gasteiger partial charge < -0.3 is 14.4 Å². The summed E-state index contributed by atoms with van der Waals surface area (Å²) in [4.78, 5) is 28.1. The van der Waals surface area contributed by atoms with Crippen molar-refractivity contribution in [2.24, 2.45) is 0 Å². The molecule has 22 heavy (non-hydrogen) atoms. The molecule has 0 fully saturated rings. The predicted octanol–water partition coefficient (Wildman–Crippen LogP) is 1.56. The monoisotopic (exact) mass is 325 g/mol. The Morgan fingerprint density at radius 2 is 2.27 bits per heavy atom. The number of amides is 1. The molecule has 118 valence electrons. The van der Waals surface area contributed by atoms with Crippen molar-refractivity contribution in [3.63, 3.8) is 0 Å². The van der Waals surface area contributed by atoms with E-state index in [1.807, 2.05) is 6.92 Å². The lowest BCUT2D eigenvalue weighted by molar-refractivity contribution is -0.148. The molecule has 1 amide bonds. The molecule has 0 unspecified atom stereocenters. The molecule has 0 atom stereocenters. The third-order valence-corrected chi connectivity index (χ3v) is 3.56. The Kier molecular flexibility index (Phi) is 5.23. The van der Waals surface area contributed by atoms with Crippen molar-refractivity contribution in [3.05, 3.63) is 17.1 Å². The molecule has 8 nitrogen and oxygen atoms in total. The molecular weight excluding hydrogens is 310 g/mol. The van der Waals surface area contributed by atoms with Gasteiger partial charge in [0.1, 0.15) is 5.69 Å². The number of aliphatic carboxylic acids is 1. The summed E-state index contributed by atoms with van der Waals surface area (Å²) >= 11 is 1.15. The maximum Gasteiger partial charge on any atom is 0.395 e. The SMILES string of the molecule is CCOCCN(C(=O)C(=O)O)c1nc(-c2cc(C)no2)cs1. The number of ether oxygens (including phenoxy) is 1. The second kappa shape index (κ2) is 7.14. The molecule has 0 radical (unpaired) electrons. The molecule has 2 heterocycles. The number of carboxylic acid groups (broad SMARTS) is 1. The summed E-state index contributed by atoms with van der Waals surface area (Å²) in [6, 6.07) is 1.71. The van der Waals surface area contributed by atoms with E-state index < -0.39 is 11.9 Å². The Bertz CT molecular complexity index is 666. The fourth-order valence-corrected chi connectivity index (χ4v) is 2.52. The third kappa shape index (κ3) is 3.68. The minimum Gasteiger partial charge on any atom is -0.474 e. The van der Waals surface area contributed by atoms with Crippen LogP contribution in [0.5, 0.6) is 0 Å². The predicted molar refractivity (Wildman–Crippen MR) is 78.8 cm³/mol. The Hall–Kier alpha value is -2.26. The smallest absolute Gasteiger partial charge is 0.395 e. The van der Waals surface area contributed by atoms with E-state index in [0.29, 0.717) is 23.8 Å². The lowest BCUT2D eigenvalue weighted by Gasteiger charge is -2.17. The second-order valence-electron chi connectivity index (χ2n) is 4.31. The quantitative estimate of drug-likeness (QED) is 0.634. The molecule has 0 aliphatic rings. The molecule has 0 bridgehead atoms. The standard InChI is InChI=1S/C13H15N3O5S/c1-3-20-5-4-16(11(17)12(18)19)13-14-9(7-22-13)10-6-8(2)15-21-10/h6-7H,3-5H2,1-2H3,(H,18,19). The summed E-state index contributed by atoms with van der Waals surface area (Å²) in [6.07, 6.45) is 0. The van der Waals surface area contributed by atoms with Crippen molar-refractivity contribution >= 4 is 28.3 Å². The van der Waals surface area contributed by atoms with Crippen LogP contribution in [0.4, 0.5) is 5.13 Å². The highest BCUT2D eigenvalue weighted by molar-refractivity contribution is 7.14. The van der Waals surface area contributed by atoms with Gasteiger partial charge in [-0.15, -0.1) is 11.3 Å². The van der Waals surface area contributed by atoms with Crippen molar-refractivity contribution in [2.75, 3.05) is 24.7 Å². The highest BCUT2D eigenvalue weighted by Gasteiger charge is 2.25. The van der Waals surface area contributed by atoms with Crippen LogP contribution in [-0.4, -0.2) is 46.9 Å². The van der Waals surface area contributed by atoms with E-state index in [0.717, 1.165) is 16.2 Å². The molecule has 2 aromatic heterocycles. The lowest BCUT2D eigenvalue weighted by atomic mass is 10.3. The molecule has 0 spiro atoms. The summed E-state index contributed by atoms with van der Waals surface area (Å²) in [5.74, 6) is -2.12. The molecule has 0 aromatic carbocycles. The fraction of sp³-hybridized carbons (Fsp3) is 0.385. The number of carbonyl (C=O) groups excluding carboxylic acids is 1. The molecule has 0 saturated heterocycles. The highest BCUT2D eigenvalue weighted by Crippen LogP contribution is 2.28. The van der Waals surface area contributed by atoms with Gasteiger partial charge in [0.05, 0.1) is 18.8 Å². The van der Waals surface area contributed by atoms with Crippen molar-refractivity contribution in [2.45, 2.75) is 13.8 Å². The fourth-order valence-electron chi connectivity index (χ4n) is 1.69. The first kappa shape index (κ1) is 16.1. The van der Waals surface area contributed by atoms with Gasteiger partial charge in [0.25, 0.3) is 0 Å². The first-order valence-corrected chi connectivity index (χ1v) is 7.42. The van der Waals surface area contributed by atoms with Crippen LogP contribution in [-0.2, 0) is 14.3 Å². The number of nitrogens with zero attached hydrogens (tertiary/aromatic N) is 3. The number of rotatable bonds is 6. The maximum atomic E-state index is 11.8. The molecule has 0 saturated carbocycles. The Morgan fingerprint density at radius 1 is 1.50 bits per heavy atom. The molecular formula is C13H15N3O5S. The van der Waals surface area contributed by atoms with Gasteiger partial charge in [-0.3, -0.25) is 9.69 Å². The van der Waals surface area contributed by atoms with E-state index >= 15 is 0 Å². The van der Waals surface area contributed by atoms with E-state index in [1.165, 1.54) is 0 Å². The molecule has 1 N–H and O–H groups in total. The average molecular weight is 325 g/mol. The Balaban J connectivity index is 2.22. The van der Waals surface area contributed by atoms with Crippen LogP contribution >= 0.6 is 11.3 Å². The summed E-state index contributed by atoms with van der Waals surface area (Å²) in [7, 11) is 0. The zero-order valence-corrected chi connectivity index (χ0v) is 12.9. The Morgan fingerprint density at radius 3 is 2.86 bits per heavy atom. The highest BCUT2D eigenvalue weighted by atomic mass is 32.1. The summed E-state index contributed by atoms with van der Waals surface area (Å²) in [5, 5.41) is 14.6. The van der Waals surface area contributed by atoms with Crippen LogP contribution in [0.15, 0.2) is 16.0 Å². The van der Waals surface area contributed by atoms with E-state index in [2.05, 4.69) is 10.1 Å². The third-order valence-electron chi connectivity index (χ3n) is 2.69. The van der Waals surface area contributed by atoms with Crippen LogP contribution < -0.4 is 4.90 Å². The summed E-state index contributed by atoms with van der Waals surface area (Å²) in [6.45, 7) is 4.42. The van der Waals surface area contributed by atoms with Crippen LogP contribution in [0.2, 0.25) is 0 Å². The first-order chi connectivity index (χ1) is 10.5. The number of aryl methyl sites for hydroxylation is 1.